The molecule has 0 saturated heterocycles. The number of nitrogens with zero attached hydrogens (tertiary/aromatic N) is 1. The Morgan fingerprint density at radius 2 is 0.691 bits per heavy atom. The van der Waals surface area contributed by atoms with E-state index in [1.807, 2.05) is 72.8 Å². The van der Waals surface area contributed by atoms with Crippen LogP contribution in [-0.4, -0.2) is 0 Å². The van der Waals surface area contributed by atoms with Gasteiger partial charge in [0.2, 0.25) is 0 Å². The highest BCUT2D eigenvalue weighted by Gasteiger charge is 2.50. The first-order valence-electron chi connectivity index (χ1n) is 18.6. The molecule has 2 heterocycles. The number of benzene rings is 8. The highest BCUT2D eigenvalue weighted by Crippen LogP contribution is 2.61. The molecule has 264 valence electrons. The molecule has 2 atom stereocenters. The molecule has 0 aliphatic carbocycles. The van der Waals surface area contributed by atoms with Crippen molar-refractivity contribution in [3.05, 3.63) is 199 Å². The molecule has 0 aromatic heterocycles. The third-order valence-electron chi connectivity index (χ3n) is 11.1. The molecular weight excluding hydrogens is 709 g/mol. The summed E-state index contributed by atoms with van der Waals surface area (Å²) in [6.07, 6.45) is 0. The Kier molecular flexibility index (Phi) is 7.82. The molecule has 2 unspecified atom stereocenters. The highest BCUT2D eigenvalue weighted by molar-refractivity contribution is 7.88. The van der Waals surface area contributed by atoms with Crippen molar-refractivity contribution in [2.75, 3.05) is 4.90 Å². The van der Waals surface area contributed by atoms with Crippen LogP contribution in [0.1, 0.15) is 11.1 Å². The van der Waals surface area contributed by atoms with Crippen LogP contribution >= 0.6 is 14.3 Å². The molecule has 0 fully saturated rings. The monoisotopic (exact) mass is 745 g/mol. The summed E-state index contributed by atoms with van der Waals surface area (Å²) in [5.74, 6) is 0. The lowest BCUT2D eigenvalue weighted by atomic mass is 9.93. The molecule has 8 aromatic carbocycles. The Morgan fingerprint density at radius 1 is 0.345 bits per heavy atom. The molecule has 3 nitrogen and oxygen atoms in total. The number of hydrogen-bond acceptors (Lipinski definition) is 3. The van der Waals surface area contributed by atoms with E-state index in [4.69, 9.17) is 0 Å². The van der Waals surface area contributed by atoms with Crippen molar-refractivity contribution in [2.24, 2.45) is 0 Å². The number of fused-ring (bicyclic) bond motifs is 4. The first kappa shape index (κ1) is 33.6. The van der Waals surface area contributed by atoms with Crippen molar-refractivity contribution in [1.29, 1.82) is 0 Å². The molecule has 10 rings (SSSR count). The molecule has 0 spiro atoms. The van der Waals surface area contributed by atoms with Gasteiger partial charge in [0.1, 0.15) is 0 Å². The fourth-order valence-electron chi connectivity index (χ4n) is 8.48. The molecular formula is C50H37NO2P2. The quantitative estimate of drug-likeness (QED) is 0.165. The van der Waals surface area contributed by atoms with Crippen LogP contribution < -0.4 is 36.7 Å². The lowest BCUT2D eigenvalue weighted by Gasteiger charge is -2.45. The van der Waals surface area contributed by atoms with Crippen molar-refractivity contribution < 1.29 is 9.13 Å². The van der Waals surface area contributed by atoms with Crippen molar-refractivity contribution >= 4 is 63.2 Å². The predicted molar refractivity (Wildman–Crippen MR) is 233 cm³/mol. The second-order valence-corrected chi connectivity index (χ2v) is 20.0. The zero-order valence-corrected chi connectivity index (χ0v) is 32.3. The number of rotatable bonds is 5. The van der Waals surface area contributed by atoms with Gasteiger partial charge in [-0.05, 0) is 102 Å². The maximum atomic E-state index is 16.6. The van der Waals surface area contributed by atoms with Gasteiger partial charge in [-0.25, -0.2) is 0 Å². The molecule has 0 N–H and O–H groups in total. The normalized spacial score (nSPS) is 17.9. The van der Waals surface area contributed by atoms with Gasteiger partial charge in [-0.15, -0.1) is 0 Å². The van der Waals surface area contributed by atoms with Crippen molar-refractivity contribution in [1.82, 2.24) is 0 Å². The second kappa shape index (κ2) is 12.8. The van der Waals surface area contributed by atoms with Crippen molar-refractivity contribution in [3.63, 3.8) is 0 Å². The average molecular weight is 746 g/mol. The van der Waals surface area contributed by atoms with Crippen LogP contribution in [0.15, 0.2) is 188 Å². The number of hydrogen-bond donors (Lipinski definition) is 0. The molecule has 0 amide bonds. The van der Waals surface area contributed by atoms with Crippen molar-refractivity contribution in [2.45, 2.75) is 13.8 Å². The Bertz CT molecular complexity index is 2700. The minimum atomic E-state index is -3.54. The van der Waals surface area contributed by atoms with Crippen LogP contribution in [0.2, 0.25) is 0 Å². The zero-order valence-electron chi connectivity index (χ0n) is 30.6. The van der Waals surface area contributed by atoms with E-state index in [0.29, 0.717) is 10.6 Å². The van der Waals surface area contributed by atoms with Gasteiger partial charge >= 0.3 is 0 Å². The topological polar surface area (TPSA) is 37.4 Å². The summed E-state index contributed by atoms with van der Waals surface area (Å²) in [5.41, 5.74) is 10.8. The van der Waals surface area contributed by atoms with E-state index in [1.165, 1.54) is 0 Å². The Balaban J connectivity index is 1.37. The predicted octanol–water partition coefficient (Wildman–Crippen LogP) is 10.7. The lowest BCUT2D eigenvalue weighted by Crippen LogP contribution is -2.46. The van der Waals surface area contributed by atoms with Gasteiger partial charge in [0.15, 0.2) is 14.3 Å². The van der Waals surface area contributed by atoms with Crippen LogP contribution in [0.3, 0.4) is 0 Å². The summed E-state index contributed by atoms with van der Waals surface area (Å²) in [7, 11) is -7.07. The first-order chi connectivity index (χ1) is 26.8. The summed E-state index contributed by atoms with van der Waals surface area (Å²) in [6, 6.07) is 64.1. The van der Waals surface area contributed by atoms with Crippen LogP contribution in [-0.2, 0) is 9.13 Å². The van der Waals surface area contributed by atoms with E-state index >= 15 is 9.13 Å². The van der Waals surface area contributed by atoms with Crippen LogP contribution in [0.4, 0.5) is 17.1 Å². The van der Waals surface area contributed by atoms with E-state index in [2.05, 4.69) is 134 Å². The van der Waals surface area contributed by atoms with Crippen molar-refractivity contribution in [3.8, 4) is 33.4 Å². The minimum absolute atomic E-state index is 0.707. The van der Waals surface area contributed by atoms with Gasteiger partial charge < -0.3 is 14.0 Å². The molecule has 0 saturated carbocycles. The standard InChI is InChI=1S/C50H37NO2P2/c1-34-23-25-44-46(27-34)54(52,42-19-11-5-12-20-42)48-32-41(40-30-38(36-15-7-3-8-16-36)29-39(31-40)37-17-9-4-10-18-37)33-49-50(48)51(44)45-26-24-35(2)28-47(45)55(49,53)43-21-13-6-14-22-43/h3-33H,1-2H3. The molecule has 2 aliphatic heterocycles. The highest BCUT2D eigenvalue weighted by atomic mass is 31.2. The summed E-state index contributed by atoms with van der Waals surface area (Å²) < 4.78 is 33.3. The average Bonchev–Trinajstić information content (AvgIpc) is 3.24. The van der Waals surface area contributed by atoms with E-state index in [0.717, 1.165) is 82.8 Å². The Morgan fingerprint density at radius 3 is 1.09 bits per heavy atom. The van der Waals surface area contributed by atoms with Gasteiger partial charge in [-0.2, -0.15) is 0 Å². The maximum absolute atomic E-state index is 16.6. The van der Waals surface area contributed by atoms with Crippen LogP contribution in [0, 0.1) is 13.8 Å². The van der Waals surface area contributed by atoms with Gasteiger partial charge in [0, 0.05) is 31.8 Å². The zero-order chi connectivity index (χ0) is 37.3. The smallest absolute Gasteiger partial charge is 0.175 e. The fourth-order valence-corrected chi connectivity index (χ4v) is 14.8. The molecule has 0 radical (unpaired) electrons. The summed E-state index contributed by atoms with van der Waals surface area (Å²) in [4.78, 5) is 2.24. The molecule has 8 aromatic rings. The van der Waals surface area contributed by atoms with E-state index in [9.17, 15) is 0 Å². The Hall–Kier alpha value is -5.98. The lowest BCUT2D eigenvalue weighted by molar-refractivity contribution is 0.592. The maximum Gasteiger partial charge on any atom is 0.175 e. The van der Waals surface area contributed by atoms with Gasteiger partial charge in [0.05, 0.1) is 17.1 Å². The summed E-state index contributed by atoms with van der Waals surface area (Å²) >= 11 is 0. The first-order valence-corrected chi connectivity index (χ1v) is 22.0. The van der Waals surface area contributed by atoms with E-state index in [-0.39, 0.29) is 0 Å². The molecule has 0 bridgehead atoms. The third-order valence-corrected chi connectivity index (χ3v) is 17.3. The molecule has 2 aliphatic rings. The molecule has 5 heteroatoms. The van der Waals surface area contributed by atoms with E-state index in [1.54, 1.807) is 0 Å². The van der Waals surface area contributed by atoms with Gasteiger partial charge in [-0.3, -0.25) is 0 Å². The fraction of sp³-hybridized carbons (Fsp3) is 0.0400. The summed E-state index contributed by atoms with van der Waals surface area (Å²) in [6.45, 7) is 4.12. The minimum Gasteiger partial charge on any atom is -0.308 e. The second-order valence-electron chi connectivity index (χ2n) is 14.6. The summed E-state index contributed by atoms with van der Waals surface area (Å²) in [5, 5.41) is 4.51. The largest absolute Gasteiger partial charge is 0.308 e. The Labute approximate surface area is 322 Å². The van der Waals surface area contributed by atoms with Gasteiger partial charge in [0.25, 0.3) is 0 Å². The number of anilines is 3. The molecule has 55 heavy (non-hydrogen) atoms. The van der Waals surface area contributed by atoms with Crippen LogP contribution in [0.5, 0.6) is 0 Å². The number of aryl methyl sites for hydroxylation is 2. The third kappa shape index (κ3) is 5.19. The van der Waals surface area contributed by atoms with Crippen LogP contribution in [0.25, 0.3) is 33.4 Å². The SMILES string of the molecule is Cc1ccc2c(c1)P(=O)(c1ccccc1)c1cc(-c3cc(-c4ccccc4)cc(-c4ccccc4)c3)cc3c1N2c1ccc(C)cc1P3(=O)c1ccccc1. The van der Waals surface area contributed by atoms with E-state index < -0.39 is 14.3 Å². The van der Waals surface area contributed by atoms with Gasteiger partial charge in [-0.1, -0.05) is 145 Å².